The highest BCUT2D eigenvalue weighted by atomic mass is 16.5. The van der Waals surface area contributed by atoms with E-state index in [0.717, 1.165) is 37.6 Å². The van der Waals surface area contributed by atoms with Crippen LogP contribution in [-0.2, 0) is 4.74 Å². The first-order valence-electron chi connectivity index (χ1n) is 6.51. The molecule has 1 saturated heterocycles. The molecule has 0 bridgehead atoms. The largest absolute Gasteiger partial charge is 0.444 e. The molecule has 0 amide bonds. The molecule has 0 spiro atoms. The second kappa shape index (κ2) is 5.65. The van der Waals surface area contributed by atoms with Crippen molar-refractivity contribution < 1.29 is 9.15 Å². The fourth-order valence-corrected chi connectivity index (χ4v) is 2.15. The van der Waals surface area contributed by atoms with Crippen LogP contribution in [0.5, 0.6) is 0 Å². The lowest BCUT2D eigenvalue weighted by Crippen LogP contribution is -2.19. The van der Waals surface area contributed by atoms with Crippen molar-refractivity contribution in [2.75, 3.05) is 13.2 Å². The smallest absolute Gasteiger partial charge is 0.211 e. The zero-order valence-electron chi connectivity index (χ0n) is 10.9. The third-order valence-corrected chi connectivity index (χ3v) is 3.21. The van der Waals surface area contributed by atoms with Crippen molar-refractivity contribution in [1.82, 2.24) is 10.3 Å². The molecule has 3 atom stereocenters. The van der Waals surface area contributed by atoms with Crippen molar-refractivity contribution in [1.29, 1.82) is 0 Å². The average molecular weight is 238 g/mol. The van der Waals surface area contributed by atoms with Gasteiger partial charge in [-0.25, -0.2) is 4.98 Å². The summed E-state index contributed by atoms with van der Waals surface area (Å²) in [6.07, 6.45) is 4.34. The maximum Gasteiger partial charge on any atom is 0.211 e. The van der Waals surface area contributed by atoms with Crippen molar-refractivity contribution in [3.05, 3.63) is 17.8 Å². The monoisotopic (exact) mass is 238 g/mol. The summed E-state index contributed by atoms with van der Waals surface area (Å²) in [5.41, 5.74) is 0. The maximum absolute atomic E-state index is 5.82. The van der Waals surface area contributed by atoms with Crippen LogP contribution < -0.4 is 5.32 Å². The van der Waals surface area contributed by atoms with Gasteiger partial charge in [0.1, 0.15) is 5.76 Å². The molecule has 1 N–H and O–H groups in total. The van der Waals surface area contributed by atoms with E-state index in [9.17, 15) is 0 Å². The molecular formula is C13H22N2O2. The minimum absolute atomic E-state index is 0.184. The van der Waals surface area contributed by atoms with Gasteiger partial charge in [0.15, 0.2) is 0 Å². The van der Waals surface area contributed by atoms with E-state index >= 15 is 0 Å². The lowest BCUT2D eigenvalue weighted by Gasteiger charge is -2.09. The van der Waals surface area contributed by atoms with Gasteiger partial charge < -0.3 is 14.5 Å². The molecular weight excluding hydrogens is 216 g/mol. The molecule has 0 saturated carbocycles. The van der Waals surface area contributed by atoms with Gasteiger partial charge in [-0.05, 0) is 33.2 Å². The van der Waals surface area contributed by atoms with Crippen LogP contribution in [0.3, 0.4) is 0 Å². The number of oxazole rings is 1. The van der Waals surface area contributed by atoms with E-state index in [4.69, 9.17) is 9.15 Å². The van der Waals surface area contributed by atoms with Crippen LogP contribution in [0.2, 0.25) is 0 Å². The highest BCUT2D eigenvalue weighted by Crippen LogP contribution is 2.30. The Balaban J connectivity index is 1.95. The Hall–Kier alpha value is -0.870. The molecule has 1 aliphatic heterocycles. The Bertz CT molecular complexity index is 351. The number of hydrogen-bond donors (Lipinski definition) is 1. The Labute approximate surface area is 103 Å². The number of rotatable bonds is 5. The molecule has 1 aliphatic rings. The second-order valence-corrected chi connectivity index (χ2v) is 4.85. The van der Waals surface area contributed by atoms with Gasteiger partial charge in [-0.1, -0.05) is 6.92 Å². The van der Waals surface area contributed by atoms with Crippen LogP contribution in [0.1, 0.15) is 57.2 Å². The van der Waals surface area contributed by atoms with Crippen molar-refractivity contribution in [3.63, 3.8) is 0 Å². The Morgan fingerprint density at radius 2 is 2.41 bits per heavy atom. The predicted octanol–water partition coefficient (Wildman–Crippen LogP) is 2.63. The summed E-state index contributed by atoms with van der Waals surface area (Å²) in [4.78, 5) is 4.35. The molecule has 17 heavy (non-hydrogen) atoms. The number of aromatic nitrogens is 1. The van der Waals surface area contributed by atoms with Gasteiger partial charge in [-0.15, -0.1) is 0 Å². The highest BCUT2D eigenvalue weighted by Gasteiger charge is 2.27. The normalized spacial score (nSPS) is 26.3. The quantitative estimate of drug-likeness (QED) is 0.856. The summed E-state index contributed by atoms with van der Waals surface area (Å²) >= 11 is 0. The summed E-state index contributed by atoms with van der Waals surface area (Å²) in [6, 6.07) is 0.184. The standard InChI is InChI=1S/C13H22N2O2/c1-4-5-14-10(3)13-15-7-12(17-13)11-6-9(2)16-8-11/h7,9-11,14H,4-6,8H2,1-3H3. The van der Waals surface area contributed by atoms with Crippen molar-refractivity contribution in [2.24, 2.45) is 0 Å². The molecule has 4 heteroatoms. The fourth-order valence-electron chi connectivity index (χ4n) is 2.15. The Morgan fingerprint density at radius 1 is 1.59 bits per heavy atom. The summed E-state index contributed by atoms with van der Waals surface area (Å²) in [6.45, 7) is 8.08. The van der Waals surface area contributed by atoms with Crippen LogP contribution in [-0.4, -0.2) is 24.2 Å². The number of nitrogens with one attached hydrogen (secondary N) is 1. The van der Waals surface area contributed by atoms with E-state index in [0.29, 0.717) is 12.0 Å². The molecule has 0 radical (unpaired) electrons. The minimum atomic E-state index is 0.184. The van der Waals surface area contributed by atoms with Crippen LogP contribution in [0, 0.1) is 0 Å². The van der Waals surface area contributed by atoms with E-state index in [1.54, 1.807) is 0 Å². The van der Waals surface area contributed by atoms with Crippen LogP contribution in [0.15, 0.2) is 10.6 Å². The lowest BCUT2D eigenvalue weighted by molar-refractivity contribution is 0.122. The van der Waals surface area contributed by atoms with E-state index in [-0.39, 0.29) is 6.04 Å². The van der Waals surface area contributed by atoms with Crippen LogP contribution in [0.25, 0.3) is 0 Å². The number of nitrogens with zero attached hydrogens (tertiary/aromatic N) is 1. The van der Waals surface area contributed by atoms with Gasteiger partial charge in [0.25, 0.3) is 0 Å². The average Bonchev–Trinajstić information content (AvgIpc) is 2.93. The molecule has 2 rings (SSSR count). The van der Waals surface area contributed by atoms with E-state index in [1.807, 2.05) is 6.20 Å². The van der Waals surface area contributed by atoms with Gasteiger partial charge in [-0.3, -0.25) is 0 Å². The number of ether oxygens (including phenoxy) is 1. The van der Waals surface area contributed by atoms with Crippen molar-refractivity contribution in [2.45, 2.75) is 51.7 Å². The van der Waals surface area contributed by atoms with E-state index in [2.05, 4.69) is 31.1 Å². The van der Waals surface area contributed by atoms with Crippen LogP contribution in [0.4, 0.5) is 0 Å². The summed E-state index contributed by atoms with van der Waals surface area (Å²) in [5.74, 6) is 2.13. The lowest BCUT2D eigenvalue weighted by atomic mass is 10.0. The topological polar surface area (TPSA) is 47.3 Å². The SMILES string of the molecule is CCCNC(C)c1ncc(C2COC(C)C2)o1. The molecule has 0 aliphatic carbocycles. The first-order chi connectivity index (χ1) is 8.20. The highest BCUT2D eigenvalue weighted by molar-refractivity contribution is 5.05. The predicted molar refractivity (Wildman–Crippen MR) is 66.0 cm³/mol. The molecule has 4 nitrogen and oxygen atoms in total. The van der Waals surface area contributed by atoms with Gasteiger partial charge in [0, 0.05) is 5.92 Å². The summed E-state index contributed by atoms with van der Waals surface area (Å²) < 4.78 is 11.4. The third kappa shape index (κ3) is 3.07. The van der Waals surface area contributed by atoms with Gasteiger partial charge >= 0.3 is 0 Å². The summed E-state index contributed by atoms with van der Waals surface area (Å²) in [7, 11) is 0. The molecule has 1 aromatic heterocycles. The second-order valence-electron chi connectivity index (χ2n) is 4.85. The Kier molecular flexibility index (Phi) is 4.18. The fraction of sp³-hybridized carbons (Fsp3) is 0.769. The van der Waals surface area contributed by atoms with Gasteiger partial charge in [0.05, 0.1) is 24.9 Å². The van der Waals surface area contributed by atoms with Crippen molar-refractivity contribution in [3.8, 4) is 0 Å². The van der Waals surface area contributed by atoms with Crippen molar-refractivity contribution >= 4 is 0 Å². The van der Waals surface area contributed by atoms with Gasteiger partial charge in [-0.2, -0.15) is 0 Å². The Morgan fingerprint density at radius 3 is 3.06 bits per heavy atom. The molecule has 0 aromatic carbocycles. The third-order valence-electron chi connectivity index (χ3n) is 3.21. The molecule has 2 heterocycles. The first kappa shape index (κ1) is 12.6. The zero-order chi connectivity index (χ0) is 12.3. The minimum Gasteiger partial charge on any atom is -0.444 e. The molecule has 96 valence electrons. The molecule has 1 fully saturated rings. The van der Waals surface area contributed by atoms with E-state index in [1.165, 1.54) is 0 Å². The van der Waals surface area contributed by atoms with E-state index < -0.39 is 0 Å². The van der Waals surface area contributed by atoms with Gasteiger partial charge in [0.2, 0.25) is 5.89 Å². The first-order valence-corrected chi connectivity index (χ1v) is 6.51. The zero-order valence-corrected chi connectivity index (χ0v) is 10.9. The van der Waals surface area contributed by atoms with Crippen LogP contribution >= 0.6 is 0 Å². The maximum atomic E-state index is 5.82. The summed E-state index contributed by atoms with van der Waals surface area (Å²) in [5, 5.41) is 3.37. The molecule has 3 unspecified atom stereocenters. The molecule has 1 aromatic rings. The number of hydrogen-bond acceptors (Lipinski definition) is 4.